The SMILES string of the molecule is COC(=O)c1cc(CO)c2c(n1)[C@H]1O[C@H]1C=C2. The van der Waals surface area contributed by atoms with E-state index in [0.717, 1.165) is 5.56 Å². The highest BCUT2D eigenvalue weighted by Gasteiger charge is 2.43. The third-order valence-electron chi connectivity index (χ3n) is 2.99. The molecule has 3 rings (SSSR count). The Morgan fingerprint density at radius 1 is 1.65 bits per heavy atom. The van der Waals surface area contributed by atoms with Crippen molar-refractivity contribution in [1.82, 2.24) is 4.98 Å². The number of carbonyl (C=O) groups excluding carboxylic acids is 1. The first-order valence-corrected chi connectivity index (χ1v) is 5.31. The summed E-state index contributed by atoms with van der Waals surface area (Å²) in [5.41, 5.74) is 2.43. The molecule has 0 saturated carbocycles. The quantitative estimate of drug-likeness (QED) is 0.605. The minimum absolute atomic E-state index is 0.0643. The smallest absolute Gasteiger partial charge is 0.356 e. The lowest BCUT2D eigenvalue weighted by molar-refractivity contribution is 0.0593. The molecule has 0 amide bonds. The molecule has 5 heteroatoms. The maximum absolute atomic E-state index is 11.5. The minimum atomic E-state index is -0.505. The van der Waals surface area contributed by atoms with Gasteiger partial charge in [0, 0.05) is 5.56 Å². The Bertz CT molecular complexity index is 523. The standard InChI is InChI=1S/C12H11NO4/c1-16-12(15)8-4-6(5-14)7-2-3-9-11(17-9)10(7)13-8/h2-4,9,11,14H,5H2,1H3/t9-,11-/m0/s1. The summed E-state index contributed by atoms with van der Waals surface area (Å²) >= 11 is 0. The fourth-order valence-electron chi connectivity index (χ4n) is 2.06. The number of carbonyl (C=O) groups is 1. The van der Waals surface area contributed by atoms with Gasteiger partial charge in [0.2, 0.25) is 0 Å². The van der Waals surface area contributed by atoms with E-state index in [4.69, 9.17) is 4.74 Å². The summed E-state index contributed by atoms with van der Waals surface area (Å²) in [4.78, 5) is 15.7. The Morgan fingerprint density at radius 3 is 3.18 bits per heavy atom. The second-order valence-electron chi connectivity index (χ2n) is 4.00. The highest BCUT2D eigenvalue weighted by molar-refractivity contribution is 5.88. The summed E-state index contributed by atoms with van der Waals surface area (Å²) < 4.78 is 10.0. The van der Waals surface area contributed by atoms with Gasteiger partial charge in [0.05, 0.1) is 19.4 Å². The van der Waals surface area contributed by atoms with Crippen LogP contribution in [0, 0.1) is 0 Å². The van der Waals surface area contributed by atoms with E-state index in [1.807, 2.05) is 12.2 Å². The van der Waals surface area contributed by atoms with Crippen molar-refractivity contribution in [1.29, 1.82) is 0 Å². The normalized spacial score (nSPS) is 23.9. The number of methoxy groups -OCH3 is 1. The monoisotopic (exact) mass is 233 g/mol. The van der Waals surface area contributed by atoms with E-state index < -0.39 is 5.97 Å². The fraction of sp³-hybridized carbons (Fsp3) is 0.333. The number of aliphatic hydroxyl groups is 1. The van der Waals surface area contributed by atoms with Crippen LogP contribution < -0.4 is 0 Å². The molecule has 1 aromatic heterocycles. The van der Waals surface area contributed by atoms with Crippen LogP contribution in [0.25, 0.3) is 6.08 Å². The molecule has 1 aliphatic carbocycles. The molecule has 1 aromatic rings. The van der Waals surface area contributed by atoms with Crippen molar-refractivity contribution >= 4 is 12.0 Å². The van der Waals surface area contributed by atoms with E-state index in [1.54, 1.807) is 6.07 Å². The number of aromatic nitrogens is 1. The molecule has 2 atom stereocenters. The van der Waals surface area contributed by atoms with Crippen molar-refractivity contribution in [2.24, 2.45) is 0 Å². The molecule has 0 bridgehead atoms. The summed E-state index contributed by atoms with van der Waals surface area (Å²) in [6.45, 7) is -0.142. The minimum Gasteiger partial charge on any atom is -0.464 e. The molecule has 1 fully saturated rings. The first kappa shape index (κ1) is 10.4. The van der Waals surface area contributed by atoms with Crippen LogP contribution in [0.5, 0.6) is 0 Å². The van der Waals surface area contributed by atoms with Crippen LogP contribution >= 0.6 is 0 Å². The molecule has 0 radical (unpaired) electrons. The maximum Gasteiger partial charge on any atom is 0.356 e. The van der Waals surface area contributed by atoms with Crippen molar-refractivity contribution < 1.29 is 19.4 Å². The molecule has 1 aliphatic heterocycles. The molecule has 88 valence electrons. The number of epoxide rings is 1. The molecule has 2 heterocycles. The molecule has 0 unspecified atom stereocenters. The third kappa shape index (κ3) is 1.55. The number of esters is 1. The number of nitrogens with zero attached hydrogens (tertiary/aromatic N) is 1. The van der Waals surface area contributed by atoms with E-state index in [0.29, 0.717) is 11.3 Å². The van der Waals surface area contributed by atoms with E-state index in [1.165, 1.54) is 7.11 Å². The van der Waals surface area contributed by atoms with E-state index in [9.17, 15) is 9.90 Å². The van der Waals surface area contributed by atoms with Crippen LogP contribution in [0.3, 0.4) is 0 Å². The van der Waals surface area contributed by atoms with Crippen LogP contribution in [0.4, 0.5) is 0 Å². The van der Waals surface area contributed by atoms with Gasteiger partial charge in [-0.2, -0.15) is 0 Å². The highest BCUT2D eigenvalue weighted by Crippen LogP contribution is 2.44. The molecular weight excluding hydrogens is 222 g/mol. The van der Waals surface area contributed by atoms with Gasteiger partial charge in [-0.05, 0) is 11.6 Å². The maximum atomic E-state index is 11.5. The van der Waals surface area contributed by atoms with Gasteiger partial charge in [0.1, 0.15) is 17.9 Å². The first-order valence-electron chi connectivity index (χ1n) is 5.31. The zero-order chi connectivity index (χ0) is 12.0. The van der Waals surface area contributed by atoms with Gasteiger partial charge in [-0.25, -0.2) is 9.78 Å². The number of pyridine rings is 1. The number of rotatable bonds is 2. The van der Waals surface area contributed by atoms with Gasteiger partial charge >= 0.3 is 5.97 Å². The topological polar surface area (TPSA) is 72.0 Å². The predicted octanol–water partition coefficient (Wildman–Crippen LogP) is 0.827. The van der Waals surface area contributed by atoms with Gasteiger partial charge in [0.15, 0.2) is 0 Å². The average molecular weight is 233 g/mol. The van der Waals surface area contributed by atoms with Crippen molar-refractivity contribution in [3.63, 3.8) is 0 Å². The van der Waals surface area contributed by atoms with Crippen LogP contribution in [-0.4, -0.2) is 29.3 Å². The molecule has 1 N–H and O–H groups in total. The number of hydrogen-bond acceptors (Lipinski definition) is 5. The van der Waals surface area contributed by atoms with Crippen LogP contribution in [0.1, 0.15) is 33.4 Å². The van der Waals surface area contributed by atoms with Gasteiger partial charge < -0.3 is 14.6 Å². The van der Waals surface area contributed by atoms with Gasteiger partial charge in [0.25, 0.3) is 0 Å². The van der Waals surface area contributed by atoms with Crippen molar-refractivity contribution in [3.05, 3.63) is 34.7 Å². The van der Waals surface area contributed by atoms with Crippen LogP contribution in [0.2, 0.25) is 0 Å². The van der Waals surface area contributed by atoms with E-state index in [-0.39, 0.29) is 24.5 Å². The molecule has 2 aliphatic rings. The Kier molecular flexibility index (Phi) is 2.24. The predicted molar refractivity (Wildman–Crippen MR) is 58.1 cm³/mol. The second-order valence-corrected chi connectivity index (χ2v) is 4.00. The summed E-state index contributed by atoms with van der Waals surface area (Å²) in [7, 11) is 1.30. The van der Waals surface area contributed by atoms with Crippen LogP contribution in [-0.2, 0) is 16.1 Å². The number of ether oxygens (including phenoxy) is 2. The van der Waals surface area contributed by atoms with E-state index >= 15 is 0 Å². The lowest BCUT2D eigenvalue weighted by atomic mass is 9.97. The summed E-state index contributed by atoms with van der Waals surface area (Å²) in [5.74, 6) is -0.505. The van der Waals surface area contributed by atoms with Crippen molar-refractivity contribution in [2.75, 3.05) is 7.11 Å². The largest absolute Gasteiger partial charge is 0.464 e. The Balaban J connectivity index is 2.14. The zero-order valence-electron chi connectivity index (χ0n) is 9.21. The van der Waals surface area contributed by atoms with Crippen molar-refractivity contribution in [2.45, 2.75) is 18.8 Å². The number of aliphatic hydroxyl groups excluding tert-OH is 1. The van der Waals surface area contributed by atoms with E-state index in [2.05, 4.69) is 9.72 Å². The molecular formula is C12H11NO4. The lowest BCUT2D eigenvalue weighted by Crippen LogP contribution is -2.11. The fourth-order valence-corrected chi connectivity index (χ4v) is 2.06. The van der Waals surface area contributed by atoms with Gasteiger partial charge in [-0.1, -0.05) is 12.2 Å². The third-order valence-corrected chi connectivity index (χ3v) is 2.99. The molecule has 1 saturated heterocycles. The summed E-state index contributed by atoms with van der Waals surface area (Å²) in [5, 5.41) is 9.32. The highest BCUT2D eigenvalue weighted by atomic mass is 16.6. The number of fused-ring (bicyclic) bond motifs is 3. The molecule has 17 heavy (non-hydrogen) atoms. The lowest BCUT2D eigenvalue weighted by Gasteiger charge is -2.12. The number of hydrogen-bond donors (Lipinski definition) is 1. The Hall–Kier alpha value is -1.72. The van der Waals surface area contributed by atoms with Crippen LogP contribution in [0.15, 0.2) is 12.1 Å². The molecule has 0 aromatic carbocycles. The molecule has 5 nitrogen and oxygen atoms in total. The van der Waals surface area contributed by atoms with Crippen molar-refractivity contribution in [3.8, 4) is 0 Å². The van der Waals surface area contributed by atoms with Gasteiger partial charge in [-0.15, -0.1) is 0 Å². The molecule has 0 spiro atoms. The first-order chi connectivity index (χ1) is 8.24. The Morgan fingerprint density at radius 2 is 2.47 bits per heavy atom. The van der Waals surface area contributed by atoms with Gasteiger partial charge in [-0.3, -0.25) is 0 Å². The summed E-state index contributed by atoms with van der Waals surface area (Å²) in [6.07, 6.45) is 3.80. The summed E-state index contributed by atoms with van der Waals surface area (Å²) in [6, 6.07) is 1.55. The second kappa shape index (κ2) is 3.65. The average Bonchev–Trinajstić information content (AvgIpc) is 3.15. The zero-order valence-corrected chi connectivity index (χ0v) is 9.21. The Labute approximate surface area is 97.7 Å².